The number of hydrogen-bond donors (Lipinski definition) is 1. The predicted octanol–water partition coefficient (Wildman–Crippen LogP) is 2.80. The van der Waals surface area contributed by atoms with Gasteiger partial charge in [0.25, 0.3) is 5.91 Å². The lowest BCUT2D eigenvalue weighted by molar-refractivity contribution is 0.0938. The van der Waals surface area contributed by atoms with Crippen LogP contribution >= 0.6 is 11.3 Å². The second-order valence-corrected chi connectivity index (χ2v) is 6.23. The number of hydrogen-bond acceptors (Lipinski definition) is 5. The van der Waals surface area contributed by atoms with Gasteiger partial charge >= 0.3 is 0 Å². The lowest BCUT2D eigenvalue weighted by atomic mass is 10.1. The molecular weight excluding hydrogens is 312 g/mol. The molecule has 2 aromatic rings. The number of carbonyl (C=O) groups is 1. The number of ether oxygens (including phenoxy) is 2. The van der Waals surface area contributed by atoms with Crippen LogP contribution in [0.3, 0.4) is 0 Å². The SMILES string of the molecule is COc1cccc(C(=O)NC[C@H](c2cccs2)N(C)C)c1OC. The lowest BCUT2D eigenvalue weighted by Crippen LogP contribution is -2.34. The van der Waals surface area contributed by atoms with Crippen molar-refractivity contribution in [3.05, 3.63) is 46.2 Å². The minimum Gasteiger partial charge on any atom is -0.493 e. The van der Waals surface area contributed by atoms with E-state index >= 15 is 0 Å². The van der Waals surface area contributed by atoms with E-state index in [4.69, 9.17) is 9.47 Å². The predicted molar refractivity (Wildman–Crippen MR) is 92.6 cm³/mol. The summed E-state index contributed by atoms with van der Waals surface area (Å²) in [5.41, 5.74) is 0.468. The first-order chi connectivity index (χ1) is 11.1. The summed E-state index contributed by atoms with van der Waals surface area (Å²) in [5, 5.41) is 5.03. The number of benzene rings is 1. The standard InChI is InChI=1S/C17H22N2O3S/c1-19(2)13(15-9-6-10-23-15)11-18-17(20)12-7-5-8-14(21-3)16(12)22-4/h5-10,13H,11H2,1-4H3,(H,18,20)/t13-/m1/s1. The molecule has 1 N–H and O–H groups in total. The first kappa shape index (κ1) is 17.3. The average molecular weight is 334 g/mol. The second-order valence-electron chi connectivity index (χ2n) is 5.25. The fourth-order valence-electron chi connectivity index (χ4n) is 2.37. The molecule has 1 amide bonds. The van der Waals surface area contributed by atoms with Crippen molar-refractivity contribution >= 4 is 17.2 Å². The Bertz CT molecular complexity index is 641. The van der Waals surface area contributed by atoms with Crippen molar-refractivity contribution < 1.29 is 14.3 Å². The Balaban J connectivity index is 2.13. The third kappa shape index (κ3) is 4.03. The monoisotopic (exact) mass is 334 g/mol. The molecule has 0 aliphatic carbocycles. The molecule has 6 heteroatoms. The van der Waals surface area contributed by atoms with E-state index in [2.05, 4.69) is 16.3 Å². The molecule has 0 saturated heterocycles. The van der Waals surface area contributed by atoms with E-state index in [1.165, 1.54) is 12.0 Å². The number of nitrogens with zero attached hydrogens (tertiary/aromatic N) is 1. The van der Waals surface area contributed by atoms with Crippen LogP contribution in [0.25, 0.3) is 0 Å². The highest BCUT2D eigenvalue weighted by Crippen LogP contribution is 2.30. The van der Waals surface area contributed by atoms with Crippen molar-refractivity contribution in [1.29, 1.82) is 0 Å². The number of likely N-dealkylation sites (N-methyl/N-ethyl adjacent to an activating group) is 1. The summed E-state index contributed by atoms with van der Waals surface area (Å²) in [4.78, 5) is 15.8. The van der Waals surface area contributed by atoms with Crippen LogP contribution in [0.2, 0.25) is 0 Å². The fraction of sp³-hybridized carbons (Fsp3) is 0.353. The smallest absolute Gasteiger partial charge is 0.255 e. The van der Waals surface area contributed by atoms with Crippen LogP contribution in [0.4, 0.5) is 0 Å². The van der Waals surface area contributed by atoms with E-state index in [9.17, 15) is 4.79 Å². The molecule has 0 radical (unpaired) electrons. The van der Waals surface area contributed by atoms with Crippen LogP contribution in [0.5, 0.6) is 11.5 Å². The van der Waals surface area contributed by atoms with Crippen molar-refractivity contribution in [2.75, 3.05) is 34.9 Å². The first-order valence-electron chi connectivity index (χ1n) is 7.27. The van der Waals surface area contributed by atoms with E-state index in [1.54, 1.807) is 36.6 Å². The molecule has 2 rings (SSSR count). The lowest BCUT2D eigenvalue weighted by Gasteiger charge is -2.23. The minimum atomic E-state index is -0.177. The van der Waals surface area contributed by atoms with Crippen molar-refractivity contribution in [3.8, 4) is 11.5 Å². The molecule has 0 spiro atoms. The van der Waals surface area contributed by atoms with Gasteiger partial charge in [0.2, 0.25) is 0 Å². The molecule has 0 aliphatic rings. The summed E-state index contributed by atoms with van der Waals surface area (Å²) in [6.45, 7) is 0.521. The third-order valence-corrected chi connectivity index (χ3v) is 4.57. The normalized spacial score (nSPS) is 12.0. The molecule has 0 bridgehead atoms. The fourth-order valence-corrected chi connectivity index (χ4v) is 3.29. The zero-order valence-corrected chi connectivity index (χ0v) is 14.6. The topological polar surface area (TPSA) is 50.8 Å². The molecule has 1 heterocycles. The Morgan fingerprint density at radius 2 is 2.00 bits per heavy atom. The number of thiophene rings is 1. The molecular formula is C17H22N2O3S. The number of amides is 1. The van der Waals surface area contributed by atoms with Gasteiger partial charge in [-0.2, -0.15) is 0 Å². The van der Waals surface area contributed by atoms with Crippen molar-refractivity contribution in [2.24, 2.45) is 0 Å². The van der Waals surface area contributed by atoms with E-state index in [-0.39, 0.29) is 11.9 Å². The summed E-state index contributed by atoms with van der Waals surface area (Å²) >= 11 is 1.68. The Labute approximate surface area is 140 Å². The van der Waals surface area contributed by atoms with Crippen molar-refractivity contribution in [2.45, 2.75) is 6.04 Å². The van der Waals surface area contributed by atoms with Gasteiger partial charge in [0.15, 0.2) is 11.5 Å². The summed E-state index contributed by atoms with van der Waals surface area (Å²) in [6.07, 6.45) is 0. The molecule has 5 nitrogen and oxygen atoms in total. The van der Waals surface area contributed by atoms with Gasteiger partial charge in [-0.15, -0.1) is 11.3 Å². The molecule has 0 fully saturated rings. The molecule has 1 atom stereocenters. The van der Waals surface area contributed by atoms with Crippen LogP contribution in [0.15, 0.2) is 35.7 Å². The maximum absolute atomic E-state index is 12.5. The van der Waals surface area contributed by atoms with Crippen LogP contribution in [-0.4, -0.2) is 45.7 Å². The molecule has 23 heavy (non-hydrogen) atoms. The molecule has 0 aliphatic heterocycles. The first-order valence-corrected chi connectivity index (χ1v) is 8.15. The van der Waals surface area contributed by atoms with E-state index in [1.807, 2.05) is 25.5 Å². The highest BCUT2D eigenvalue weighted by Gasteiger charge is 2.20. The molecule has 124 valence electrons. The van der Waals surface area contributed by atoms with Gasteiger partial charge < -0.3 is 19.7 Å². The number of nitrogens with one attached hydrogen (secondary N) is 1. The van der Waals surface area contributed by atoms with Gasteiger partial charge in [0.05, 0.1) is 25.8 Å². The maximum atomic E-state index is 12.5. The molecule has 0 unspecified atom stereocenters. The Hall–Kier alpha value is -2.05. The third-order valence-electron chi connectivity index (χ3n) is 3.60. The highest BCUT2D eigenvalue weighted by molar-refractivity contribution is 7.10. The average Bonchev–Trinajstić information content (AvgIpc) is 3.07. The zero-order chi connectivity index (χ0) is 16.8. The van der Waals surface area contributed by atoms with E-state index in [0.717, 1.165) is 0 Å². The van der Waals surface area contributed by atoms with Crippen molar-refractivity contribution in [3.63, 3.8) is 0 Å². The maximum Gasteiger partial charge on any atom is 0.255 e. The van der Waals surface area contributed by atoms with Crippen LogP contribution in [0.1, 0.15) is 21.3 Å². The quantitative estimate of drug-likeness (QED) is 0.846. The minimum absolute atomic E-state index is 0.135. The van der Waals surface area contributed by atoms with Crippen LogP contribution in [0, 0.1) is 0 Å². The summed E-state index contributed by atoms with van der Waals surface area (Å²) in [6, 6.07) is 9.50. The van der Waals surface area contributed by atoms with Gasteiger partial charge in [-0.25, -0.2) is 0 Å². The zero-order valence-electron chi connectivity index (χ0n) is 13.8. The highest BCUT2D eigenvalue weighted by atomic mass is 32.1. The summed E-state index contributed by atoms with van der Waals surface area (Å²) < 4.78 is 10.6. The Morgan fingerprint density at radius 3 is 2.57 bits per heavy atom. The Morgan fingerprint density at radius 1 is 1.22 bits per heavy atom. The molecule has 0 saturated carbocycles. The number of para-hydroxylation sites is 1. The largest absolute Gasteiger partial charge is 0.493 e. The van der Waals surface area contributed by atoms with Crippen LogP contribution < -0.4 is 14.8 Å². The van der Waals surface area contributed by atoms with Crippen LogP contribution in [-0.2, 0) is 0 Å². The summed E-state index contributed by atoms with van der Waals surface area (Å²) in [7, 11) is 7.09. The van der Waals surface area contributed by atoms with Crippen molar-refractivity contribution in [1.82, 2.24) is 10.2 Å². The van der Waals surface area contributed by atoms with Gasteiger partial charge in [-0.1, -0.05) is 12.1 Å². The number of rotatable bonds is 7. The molecule has 1 aromatic heterocycles. The summed E-state index contributed by atoms with van der Waals surface area (Å²) in [5.74, 6) is 0.816. The van der Waals surface area contributed by atoms with Gasteiger partial charge in [-0.3, -0.25) is 4.79 Å². The number of carbonyl (C=O) groups excluding carboxylic acids is 1. The molecule has 1 aromatic carbocycles. The second kappa shape index (κ2) is 7.99. The Kier molecular flexibility index (Phi) is 6.01. The van der Waals surface area contributed by atoms with Gasteiger partial charge in [0, 0.05) is 11.4 Å². The number of methoxy groups -OCH3 is 2. The van der Waals surface area contributed by atoms with Gasteiger partial charge in [0.1, 0.15) is 0 Å². The van der Waals surface area contributed by atoms with E-state index in [0.29, 0.717) is 23.6 Å². The van der Waals surface area contributed by atoms with E-state index < -0.39 is 0 Å². The van der Waals surface area contributed by atoms with Gasteiger partial charge in [-0.05, 0) is 37.7 Å².